The van der Waals surface area contributed by atoms with Crippen LogP contribution < -0.4 is 4.74 Å². The Balaban J connectivity index is 2.24. The van der Waals surface area contributed by atoms with Crippen LogP contribution in [0.3, 0.4) is 0 Å². The number of thioether (sulfide) groups is 1. The Kier molecular flexibility index (Phi) is 5.59. The summed E-state index contributed by atoms with van der Waals surface area (Å²) in [7, 11) is 0. The van der Waals surface area contributed by atoms with Crippen LogP contribution in [-0.2, 0) is 0 Å². The summed E-state index contributed by atoms with van der Waals surface area (Å²) < 4.78 is 5.41. The molecule has 2 rings (SSSR count). The van der Waals surface area contributed by atoms with E-state index >= 15 is 0 Å². The largest absolute Gasteiger partial charge is 0.422 e. The van der Waals surface area contributed by atoms with Crippen LogP contribution >= 0.6 is 27.7 Å². The highest BCUT2D eigenvalue weighted by molar-refractivity contribution is 9.09. The fourth-order valence-corrected chi connectivity index (χ4v) is 2.61. The van der Waals surface area contributed by atoms with E-state index < -0.39 is 5.97 Å². The van der Waals surface area contributed by atoms with Crippen molar-refractivity contribution in [1.82, 2.24) is 0 Å². The second-order valence-corrected chi connectivity index (χ2v) is 5.59. The molecule has 21 heavy (non-hydrogen) atoms. The second kappa shape index (κ2) is 7.43. The lowest BCUT2D eigenvalue weighted by molar-refractivity contribution is 0.0730. The molecule has 0 N–H and O–H groups in total. The SMILES string of the molecule is CSc1cc(C(=O)CBr)ccc1OC(=O)c1ccccc1. The summed E-state index contributed by atoms with van der Waals surface area (Å²) in [6, 6.07) is 13.9. The summed E-state index contributed by atoms with van der Waals surface area (Å²) in [6.07, 6.45) is 1.87. The zero-order valence-corrected chi connectivity index (χ0v) is 13.7. The van der Waals surface area contributed by atoms with E-state index in [2.05, 4.69) is 15.9 Å². The molecule has 0 fully saturated rings. The first-order valence-electron chi connectivity index (χ1n) is 6.20. The van der Waals surface area contributed by atoms with Crippen LogP contribution in [0.15, 0.2) is 53.4 Å². The molecule has 0 radical (unpaired) electrons. The summed E-state index contributed by atoms with van der Waals surface area (Å²) in [5.74, 6) is 0.0409. The number of ketones is 1. The molecule has 2 aromatic carbocycles. The summed E-state index contributed by atoms with van der Waals surface area (Å²) >= 11 is 4.58. The van der Waals surface area contributed by atoms with Crippen molar-refractivity contribution in [3.63, 3.8) is 0 Å². The van der Waals surface area contributed by atoms with E-state index in [0.29, 0.717) is 16.9 Å². The number of Topliss-reactive ketones (excluding diaryl/α,β-unsaturated/α-hetero) is 1. The van der Waals surface area contributed by atoms with Gasteiger partial charge in [0.25, 0.3) is 0 Å². The molecule has 0 aliphatic carbocycles. The first-order valence-corrected chi connectivity index (χ1v) is 8.54. The van der Waals surface area contributed by atoms with Gasteiger partial charge in [-0.3, -0.25) is 4.79 Å². The van der Waals surface area contributed by atoms with Gasteiger partial charge < -0.3 is 4.74 Å². The predicted octanol–water partition coefficient (Wildman–Crippen LogP) is 4.21. The van der Waals surface area contributed by atoms with Gasteiger partial charge in [-0.15, -0.1) is 11.8 Å². The second-order valence-electron chi connectivity index (χ2n) is 4.18. The molecule has 5 heteroatoms. The first kappa shape index (κ1) is 15.8. The number of hydrogen-bond donors (Lipinski definition) is 0. The van der Waals surface area contributed by atoms with E-state index in [1.165, 1.54) is 11.8 Å². The lowest BCUT2D eigenvalue weighted by Gasteiger charge is -2.09. The number of rotatable bonds is 5. The number of benzene rings is 2. The van der Waals surface area contributed by atoms with Gasteiger partial charge in [-0.2, -0.15) is 0 Å². The zero-order valence-electron chi connectivity index (χ0n) is 11.3. The fourth-order valence-electron chi connectivity index (χ4n) is 1.74. The van der Waals surface area contributed by atoms with Gasteiger partial charge in [0.1, 0.15) is 5.75 Å². The standard InChI is InChI=1S/C16H13BrO3S/c1-21-15-9-12(13(18)10-17)7-8-14(15)20-16(19)11-5-3-2-4-6-11/h2-9H,10H2,1H3. The molecule has 3 nitrogen and oxygen atoms in total. The van der Waals surface area contributed by atoms with Gasteiger partial charge in [0.2, 0.25) is 0 Å². The molecule has 0 aromatic heterocycles. The van der Waals surface area contributed by atoms with Crippen LogP contribution in [0.25, 0.3) is 0 Å². The van der Waals surface area contributed by atoms with Gasteiger partial charge >= 0.3 is 5.97 Å². The van der Waals surface area contributed by atoms with Gasteiger partial charge in [0.05, 0.1) is 15.8 Å². The number of halogens is 1. The van der Waals surface area contributed by atoms with E-state index in [4.69, 9.17) is 4.74 Å². The number of carbonyl (C=O) groups is 2. The maximum atomic E-state index is 12.1. The molecule has 0 saturated carbocycles. The highest BCUT2D eigenvalue weighted by atomic mass is 79.9. The minimum absolute atomic E-state index is 0.00811. The van der Waals surface area contributed by atoms with Crippen molar-refractivity contribution in [2.24, 2.45) is 0 Å². The predicted molar refractivity (Wildman–Crippen MR) is 87.7 cm³/mol. The molecule has 0 saturated heterocycles. The van der Waals surface area contributed by atoms with E-state index in [1.54, 1.807) is 42.5 Å². The molecule has 0 amide bonds. The normalized spacial score (nSPS) is 10.2. The lowest BCUT2D eigenvalue weighted by Crippen LogP contribution is -2.09. The third-order valence-corrected chi connectivity index (χ3v) is 4.09. The summed E-state index contributed by atoms with van der Waals surface area (Å²) in [5.41, 5.74) is 1.08. The Bertz CT molecular complexity index is 656. The topological polar surface area (TPSA) is 43.4 Å². The fraction of sp³-hybridized carbons (Fsp3) is 0.125. The van der Waals surface area contributed by atoms with E-state index in [1.807, 2.05) is 12.3 Å². The number of alkyl halides is 1. The Morgan fingerprint density at radius 3 is 2.43 bits per heavy atom. The number of esters is 1. The molecule has 0 heterocycles. The Morgan fingerprint density at radius 2 is 1.81 bits per heavy atom. The summed E-state index contributed by atoms with van der Waals surface area (Å²) in [5, 5.41) is 0.268. The van der Waals surface area contributed by atoms with Gasteiger partial charge in [0.15, 0.2) is 5.78 Å². The monoisotopic (exact) mass is 364 g/mol. The van der Waals surface area contributed by atoms with Gasteiger partial charge in [-0.05, 0) is 36.6 Å². The molecule has 2 aromatic rings. The lowest BCUT2D eigenvalue weighted by atomic mass is 10.1. The Morgan fingerprint density at radius 1 is 1.10 bits per heavy atom. The van der Waals surface area contributed by atoms with Crippen molar-refractivity contribution < 1.29 is 14.3 Å². The quantitative estimate of drug-likeness (QED) is 0.262. The van der Waals surface area contributed by atoms with Crippen molar-refractivity contribution in [2.45, 2.75) is 4.90 Å². The van der Waals surface area contributed by atoms with Gasteiger partial charge in [0, 0.05) is 5.56 Å². The molecule has 0 aliphatic rings. The molecule has 0 atom stereocenters. The van der Waals surface area contributed by atoms with Crippen LogP contribution in [0.1, 0.15) is 20.7 Å². The molecule has 108 valence electrons. The first-order chi connectivity index (χ1) is 10.2. The summed E-state index contributed by atoms with van der Waals surface area (Å²) in [4.78, 5) is 24.5. The van der Waals surface area contributed by atoms with Crippen molar-refractivity contribution >= 4 is 39.4 Å². The molecule has 0 unspecified atom stereocenters. The van der Waals surface area contributed by atoms with Crippen LogP contribution in [0.5, 0.6) is 5.75 Å². The van der Waals surface area contributed by atoms with Gasteiger partial charge in [-0.25, -0.2) is 4.79 Å². The number of carbonyl (C=O) groups excluding carboxylic acids is 2. The Hall–Kier alpha value is -1.59. The van der Waals surface area contributed by atoms with Crippen molar-refractivity contribution in [2.75, 3.05) is 11.6 Å². The van der Waals surface area contributed by atoms with Crippen LogP contribution in [-0.4, -0.2) is 23.3 Å². The molecule has 0 spiro atoms. The third kappa shape index (κ3) is 3.95. The van der Waals surface area contributed by atoms with Crippen LogP contribution in [0, 0.1) is 0 Å². The minimum Gasteiger partial charge on any atom is -0.422 e. The van der Waals surface area contributed by atoms with E-state index in [9.17, 15) is 9.59 Å². The van der Waals surface area contributed by atoms with Crippen molar-refractivity contribution in [3.8, 4) is 5.75 Å². The van der Waals surface area contributed by atoms with E-state index in [-0.39, 0.29) is 11.1 Å². The Labute approximate surface area is 135 Å². The average molecular weight is 365 g/mol. The number of ether oxygens (including phenoxy) is 1. The van der Waals surface area contributed by atoms with Crippen molar-refractivity contribution in [3.05, 3.63) is 59.7 Å². The van der Waals surface area contributed by atoms with E-state index in [0.717, 1.165) is 4.90 Å². The highest BCUT2D eigenvalue weighted by Gasteiger charge is 2.13. The van der Waals surface area contributed by atoms with Crippen LogP contribution in [0.2, 0.25) is 0 Å². The zero-order chi connectivity index (χ0) is 15.2. The molecule has 0 aliphatic heterocycles. The molecule has 0 bridgehead atoms. The summed E-state index contributed by atoms with van der Waals surface area (Å²) in [6.45, 7) is 0. The molecular weight excluding hydrogens is 352 g/mol. The van der Waals surface area contributed by atoms with Crippen molar-refractivity contribution in [1.29, 1.82) is 0 Å². The third-order valence-electron chi connectivity index (χ3n) is 2.82. The van der Waals surface area contributed by atoms with Crippen LogP contribution in [0.4, 0.5) is 0 Å². The minimum atomic E-state index is -0.412. The maximum absolute atomic E-state index is 12.1. The number of hydrogen-bond acceptors (Lipinski definition) is 4. The molecular formula is C16H13BrO3S. The smallest absolute Gasteiger partial charge is 0.343 e. The highest BCUT2D eigenvalue weighted by Crippen LogP contribution is 2.29. The van der Waals surface area contributed by atoms with Gasteiger partial charge in [-0.1, -0.05) is 34.1 Å². The maximum Gasteiger partial charge on any atom is 0.343 e. The average Bonchev–Trinajstić information content (AvgIpc) is 2.55.